The summed E-state index contributed by atoms with van der Waals surface area (Å²) < 4.78 is 24.4. The van der Waals surface area contributed by atoms with E-state index < -0.39 is 0 Å². The molecule has 0 aromatic heterocycles. The predicted octanol–water partition coefficient (Wildman–Crippen LogP) is 2.74. The molecule has 1 saturated heterocycles. The van der Waals surface area contributed by atoms with E-state index in [1.54, 1.807) is 19.2 Å². The standard InChI is InChI=1S/C23H31FN4O2/c1-25-23(27(2)18-19-6-8-21(24)9-7-19)26-17-20-4-3-5-22(16-20)30-15-12-28-10-13-29-14-11-28/h3-9,16H,10-15,17-18H2,1-2H3,(H,25,26). The average molecular weight is 415 g/mol. The van der Waals surface area contributed by atoms with E-state index in [2.05, 4.69) is 27.3 Å². The van der Waals surface area contributed by atoms with E-state index in [9.17, 15) is 4.39 Å². The van der Waals surface area contributed by atoms with Crippen molar-refractivity contribution in [3.8, 4) is 5.75 Å². The molecule has 2 aromatic carbocycles. The summed E-state index contributed by atoms with van der Waals surface area (Å²) in [5, 5.41) is 3.38. The molecular formula is C23H31FN4O2. The van der Waals surface area contributed by atoms with E-state index >= 15 is 0 Å². The summed E-state index contributed by atoms with van der Waals surface area (Å²) in [7, 11) is 3.72. The molecule has 0 aliphatic carbocycles. The van der Waals surface area contributed by atoms with E-state index in [1.165, 1.54) is 12.1 Å². The van der Waals surface area contributed by atoms with Gasteiger partial charge in [0.2, 0.25) is 0 Å². The van der Waals surface area contributed by atoms with Gasteiger partial charge in [0.25, 0.3) is 0 Å². The van der Waals surface area contributed by atoms with Gasteiger partial charge in [-0.3, -0.25) is 9.89 Å². The number of ether oxygens (including phenoxy) is 2. The van der Waals surface area contributed by atoms with Crippen molar-refractivity contribution in [2.75, 3.05) is 53.6 Å². The number of guanidine groups is 1. The lowest BCUT2D eigenvalue weighted by Gasteiger charge is -2.26. The van der Waals surface area contributed by atoms with Gasteiger partial charge in [-0.25, -0.2) is 4.39 Å². The number of morpholine rings is 1. The zero-order valence-corrected chi connectivity index (χ0v) is 17.8. The van der Waals surface area contributed by atoms with E-state index in [1.807, 2.05) is 24.1 Å². The Morgan fingerprint density at radius 3 is 2.67 bits per heavy atom. The Morgan fingerprint density at radius 1 is 1.17 bits per heavy atom. The van der Waals surface area contributed by atoms with Gasteiger partial charge < -0.3 is 19.7 Å². The summed E-state index contributed by atoms with van der Waals surface area (Å²) in [5.41, 5.74) is 2.15. The molecule has 0 saturated carbocycles. The Kier molecular flexibility index (Phi) is 8.47. The third-order valence-corrected chi connectivity index (χ3v) is 5.04. The number of nitrogens with one attached hydrogen (secondary N) is 1. The third kappa shape index (κ3) is 7.00. The van der Waals surface area contributed by atoms with Gasteiger partial charge in [0.15, 0.2) is 5.96 Å². The van der Waals surface area contributed by atoms with Crippen LogP contribution >= 0.6 is 0 Å². The number of halogens is 1. The first kappa shape index (κ1) is 22.1. The highest BCUT2D eigenvalue weighted by molar-refractivity contribution is 5.79. The van der Waals surface area contributed by atoms with Crippen molar-refractivity contribution in [1.29, 1.82) is 0 Å². The second kappa shape index (κ2) is 11.5. The first-order chi connectivity index (χ1) is 14.6. The van der Waals surface area contributed by atoms with Crippen molar-refractivity contribution in [1.82, 2.24) is 15.1 Å². The van der Waals surface area contributed by atoms with Crippen LogP contribution in [0.3, 0.4) is 0 Å². The minimum atomic E-state index is -0.226. The molecular weight excluding hydrogens is 383 g/mol. The smallest absolute Gasteiger partial charge is 0.193 e. The molecule has 1 aliphatic heterocycles. The molecule has 6 nitrogen and oxygen atoms in total. The summed E-state index contributed by atoms with van der Waals surface area (Å²) in [6.07, 6.45) is 0. The van der Waals surface area contributed by atoms with Gasteiger partial charge in [0, 0.05) is 46.8 Å². The molecule has 1 fully saturated rings. The molecule has 0 unspecified atom stereocenters. The largest absolute Gasteiger partial charge is 0.492 e. The fourth-order valence-electron chi connectivity index (χ4n) is 3.37. The first-order valence-electron chi connectivity index (χ1n) is 10.3. The normalized spacial score (nSPS) is 15.1. The third-order valence-electron chi connectivity index (χ3n) is 5.04. The predicted molar refractivity (Wildman–Crippen MR) is 117 cm³/mol. The number of aliphatic imine (C=N–C) groups is 1. The van der Waals surface area contributed by atoms with Crippen molar-refractivity contribution in [3.05, 3.63) is 65.5 Å². The maximum Gasteiger partial charge on any atom is 0.193 e. The first-order valence-corrected chi connectivity index (χ1v) is 10.3. The highest BCUT2D eigenvalue weighted by Gasteiger charge is 2.10. The molecule has 0 radical (unpaired) electrons. The number of benzene rings is 2. The molecule has 2 aromatic rings. The molecule has 3 rings (SSSR count). The lowest BCUT2D eigenvalue weighted by atomic mass is 10.2. The quantitative estimate of drug-likeness (QED) is 0.532. The number of hydrogen-bond acceptors (Lipinski definition) is 4. The summed E-state index contributed by atoms with van der Waals surface area (Å²) in [4.78, 5) is 8.72. The Balaban J connectivity index is 1.46. The number of hydrogen-bond donors (Lipinski definition) is 1. The van der Waals surface area contributed by atoms with Crippen LogP contribution < -0.4 is 10.1 Å². The van der Waals surface area contributed by atoms with Gasteiger partial charge in [-0.2, -0.15) is 0 Å². The Labute approximate surface area is 178 Å². The SMILES string of the molecule is CN=C(NCc1cccc(OCCN2CCOCC2)c1)N(C)Cc1ccc(F)cc1. The monoisotopic (exact) mass is 414 g/mol. The van der Waals surface area contributed by atoms with Crippen LogP contribution in [0.15, 0.2) is 53.5 Å². The molecule has 1 heterocycles. The van der Waals surface area contributed by atoms with Gasteiger partial charge in [-0.1, -0.05) is 24.3 Å². The Morgan fingerprint density at radius 2 is 1.93 bits per heavy atom. The van der Waals surface area contributed by atoms with Crippen molar-refractivity contribution < 1.29 is 13.9 Å². The van der Waals surface area contributed by atoms with Crippen molar-refractivity contribution >= 4 is 5.96 Å². The van der Waals surface area contributed by atoms with Gasteiger partial charge in [0.05, 0.1) is 13.2 Å². The maximum absolute atomic E-state index is 13.1. The van der Waals surface area contributed by atoms with Gasteiger partial charge in [0.1, 0.15) is 18.2 Å². The van der Waals surface area contributed by atoms with Crippen LogP contribution in [0.2, 0.25) is 0 Å². The van der Waals surface area contributed by atoms with Crippen LogP contribution in [0.5, 0.6) is 5.75 Å². The van der Waals surface area contributed by atoms with Crippen molar-refractivity contribution in [2.45, 2.75) is 13.1 Å². The molecule has 1 N–H and O–H groups in total. The highest BCUT2D eigenvalue weighted by Crippen LogP contribution is 2.14. The fraction of sp³-hybridized carbons (Fsp3) is 0.435. The van der Waals surface area contributed by atoms with E-state index in [-0.39, 0.29) is 5.82 Å². The van der Waals surface area contributed by atoms with Crippen LogP contribution in [0, 0.1) is 5.82 Å². The minimum Gasteiger partial charge on any atom is -0.492 e. The summed E-state index contributed by atoms with van der Waals surface area (Å²) in [6.45, 7) is 6.41. The molecule has 0 amide bonds. The molecule has 7 heteroatoms. The minimum absolute atomic E-state index is 0.226. The fourth-order valence-corrected chi connectivity index (χ4v) is 3.37. The summed E-state index contributed by atoms with van der Waals surface area (Å²) in [5.74, 6) is 1.42. The molecule has 0 atom stereocenters. The lowest BCUT2D eigenvalue weighted by Crippen LogP contribution is -2.38. The second-order valence-electron chi connectivity index (χ2n) is 7.33. The molecule has 0 spiro atoms. The topological polar surface area (TPSA) is 49.3 Å². The summed E-state index contributed by atoms with van der Waals surface area (Å²) >= 11 is 0. The van der Waals surface area contributed by atoms with Crippen LogP contribution in [0.25, 0.3) is 0 Å². The van der Waals surface area contributed by atoms with E-state index in [0.717, 1.165) is 55.7 Å². The zero-order chi connectivity index (χ0) is 21.2. The summed E-state index contributed by atoms with van der Waals surface area (Å²) in [6, 6.07) is 14.6. The Hall–Kier alpha value is -2.64. The second-order valence-corrected chi connectivity index (χ2v) is 7.33. The maximum atomic E-state index is 13.1. The molecule has 162 valence electrons. The zero-order valence-electron chi connectivity index (χ0n) is 17.8. The van der Waals surface area contributed by atoms with E-state index in [0.29, 0.717) is 19.7 Å². The van der Waals surface area contributed by atoms with Crippen LogP contribution in [-0.2, 0) is 17.8 Å². The lowest BCUT2D eigenvalue weighted by molar-refractivity contribution is 0.0322. The van der Waals surface area contributed by atoms with E-state index in [4.69, 9.17) is 9.47 Å². The van der Waals surface area contributed by atoms with Crippen LogP contribution in [0.4, 0.5) is 4.39 Å². The van der Waals surface area contributed by atoms with Gasteiger partial charge in [-0.15, -0.1) is 0 Å². The van der Waals surface area contributed by atoms with Gasteiger partial charge in [-0.05, 0) is 35.4 Å². The number of nitrogens with zero attached hydrogens (tertiary/aromatic N) is 3. The van der Waals surface area contributed by atoms with Crippen LogP contribution in [-0.4, -0.2) is 69.3 Å². The van der Waals surface area contributed by atoms with Crippen molar-refractivity contribution in [3.63, 3.8) is 0 Å². The molecule has 30 heavy (non-hydrogen) atoms. The highest BCUT2D eigenvalue weighted by atomic mass is 19.1. The Bertz CT molecular complexity index is 807. The number of rotatable bonds is 8. The molecule has 0 bridgehead atoms. The van der Waals surface area contributed by atoms with Gasteiger partial charge >= 0.3 is 0 Å². The van der Waals surface area contributed by atoms with Crippen LogP contribution in [0.1, 0.15) is 11.1 Å². The molecule has 1 aliphatic rings. The van der Waals surface area contributed by atoms with Crippen molar-refractivity contribution in [2.24, 2.45) is 4.99 Å². The average Bonchev–Trinajstić information content (AvgIpc) is 2.77.